The summed E-state index contributed by atoms with van der Waals surface area (Å²) in [5.41, 5.74) is 7.21. The van der Waals surface area contributed by atoms with E-state index in [1.165, 1.54) is 0 Å². The third kappa shape index (κ3) is 8.24. The van der Waals surface area contributed by atoms with Crippen molar-refractivity contribution in [3.63, 3.8) is 0 Å². The Morgan fingerprint density at radius 1 is 0.852 bits per heavy atom. The van der Waals surface area contributed by atoms with Crippen molar-refractivity contribution in [1.29, 1.82) is 0 Å². The van der Waals surface area contributed by atoms with E-state index in [2.05, 4.69) is 22.8 Å². The van der Waals surface area contributed by atoms with Crippen LogP contribution in [-0.2, 0) is 36.8 Å². The van der Waals surface area contributed by atoms with Gasteiger partial charge in [-0.3, -0.25) is 9.59 Å². The second-order valence-corrected chi connectivity index (χ2v) is 14.1. The zero-order chi connectivity index (χ0) is 37.4. The molecule has 0 bridgehead atoms. The molecule has 0 unspecified atom stereocenters. The number of ether oxygens (including phenoxy) is 2. The van der Waals surface area contributed by atoms with Crippen LogP contribution in [0.25, 0.3) is 11.1 Å². The van der Waals surface area contributed by atoms with Gasteiger partial charge in [-0.25, -0.2) is 9.59 Å². The van der Waals surface area contributed by atoms with Gasteiger partial charge < -0.3 is 30.1 Å². The van der Waals surface area contributed by atoms with Gasteiger partial charge in [-0.15, -0.1) is 0 Å². The molecule has 10 nitrogen and oxygen atoms in total. The number of alkyl carbamates (subject to hydrolysis) is 1. The number of rotatable bonds is 7. The minimum absolute atomic E-state index is 0.0307. The van der Waals surface area contributed by atoms with Crippen LogP contribution in [0.4, 0.5) is 4.79 Å². The average molecular weight is 728 g/mol. The summed E-state index contributed by atoms with van der Waals surface area (Å²) < 4.78 is 11.8. The lowest BCUT2D eigenvalue weighted by atomic mass is 9.92. The Labute approximate surface area is 315 Å². The number of hydrogen-bond acceptors (Lipinski definition) is 7. The third-order valence-corrected chi connectivity index (χ3v) is 10.7. The molecule has 7 rings (SSSR count). The predicted octanol–water partition coefficient (Wildman–Crippen LogP) is 5.99. The lowest BCUT2D eigenvalue weighted by molar-refractivity contribution is -0.152. The van der Waals surface area contributed by atoms with E-state index < -0.39 is 30.1 Å². The molecule has 4 atom stereocenters. The molecule has 0 fully saturated rings. The van der Waals surface area contributed by atoms with E-state index in [-0.39, 0.29) is 56.4 Å². The fourth-order valence-electron chi connectivity index (χ4n) is 7.78. The lowest BCUT2D eigenvalue weighted by Crippen LogP contribution is -2.47. The van der Waals surface area contributed by atoms with Gasteiger partial charge in [-0.05, 0) is 64.6 Å². The fourth-order valence-corrected chi connectivity index (χ4v) is 7.78. The summed E-state index contributed by atoms with van der Waals surface area (Å²) in [6.45, 7) is 0.265. The van der Waals surface area contributed by atoms with E-state index in [1.54, 1.807) is 4.90 Å². The highest BCUT2D eigenvalue weighted by Crippen LogP contribution is 2.44. The molecule has 0 aromatic heterocycles. The number of aliphatic hydroxyl groups is 1. The molecule has 2 aliphatic heterocycles. The highest BCUT2D eigenvalue weighted by Gasteiger charge is 2.34. The first-order chi connectivity index (χ1) is 26.4. The molecule has 10 heteroatoms. The van der Waals surface area contributed by atoms with Crippen molar-refractivity contribution >= 4 is 23.9 Å². The molecule has 0 radical (unpaired) electrons. The zero-order valence-electron chi connectivity index (χ0n) is 30.1. The number of esters is 1. The number of amides is 3. The number of nitrogens with one attached hydrogen (secondary N) is 2. The Kier molecular flexibility index (Phi) is 11.5. The molecule has 1 aliphatic carbocycles. The van der Waals surface area contributed by atoms with Crippen molar-refractivity contribution in [2.24, 2.45) is 5.92 Å². The fraction of sp³-hybridized carbons (Fsp3) is 0.318. The smallest absolute Gasteiger partial charge is 0.407 e. The molecule has 3 N–H and O–H groups in total. The van der Waals surface area contributed by atoms with Crippen molar-refractivity contribution in [2.45, 2.75) is 62.8 Å². The molecule has 0 saturated heterocycles. The monoisotopic (exact) mass is 727 g/mol. The maximum Gasteiger partial charge on any atom is 0.407 e. The van der Waals surface area contributed by atoms with Gasteiger partial charge in [0.25, 0.3) is 0 Å². The minimum atomic E-state index is -1.01. The number of carbonyl (C=O) groups is 4. The molecule has 3 aliphatic rings. The number of fused-ring (bicyclic) bond motifs is 4. The normalized spacial score (nSPS) is 21.5. The first-order valence-electron chi connectivity index (χ1n) is 18.7. The van der Waals surface area contributed by atoms with Gasteiger partial charge in [0.05, 0.1) is 25.1 Å². The highest BCUT2D eigenvalue weighted by atomic mass is 16.6. The summed E-state index contributed by atoms with van der Waals surface area (Å²) >= 11 is 0. The van der Waals surface area contributed by atoms with E-state index in [9.17, 15) is 24.3 Å². The lowest BCUT2D eigenvalue weighted by Gasteiger charge is -2.36. The van der Waals surface area contributed by atoms with Crippen molar-refractivity contribution in [3.05, 3.63) is 143 Å². The van der Waals surface area contributed by atoms with Crippen LogP contribution < -0.4 is 10.6 Å². The van der Waals surface area contributed by atoms with Crippen molar-refractivity contribution < 1.29 is 33.8 Å². The average Bonchev–Trinajstić information content (AvgIpc) is 3.53. The molecule has 2 heterocycles. The molecular weight excluding hydrogens is 682 g/mol. The first kappa shape index (κ1) is 36.6. The van der Waals surface area contributed by atoms with E-state index in [0.717, 1.165) is 33.4 Å². The van der Waals surface area contributed by atoms with Gasteiger partial charge in [-0.2, -0.15) is 0 Å². The predicted molar refractivity (Wildman–Crippen MR) is 203 cm³/mol. The zero-order valence-corrected chi connectivity index (χ0v) is 30.1. The van der Waals surface area contributed by atoms with Gasteiger partial charge in [-0.1, -0.05) is 115 Å². The number of hydrogen-bond donors (Lipinski definition) is 3. The van der Waals surface area contributed by atoms with Gasteiger partial charge in [0.15, 0.2) is 0 Å². The molecule has 278 valence electrons. The van der Waals surface area contributed by atoms with Crippen LogP contribution in [-0.4, -0.2) is 65.7 Å². The van der Waals surface area contributed by atoms with E-state index in [0.29, 0.717) is 31.4 Å². The molecule has 4 aromatic rings. The summed E-state index contributed by atoms with van der Waals surface area (Å²) in [6.07, 6.45) is 3.55. The summed E-state index contributed by atoms with van der Waals surface area (Å²) in [6, 6.07) is 31.7. The van der Waals surface area contributed by atoms with Crippen LogP contribution in [0.3, 0.4) is 0 Å². The van der Waals surface area contributed by atoms with Gasteiger partial charge in [0, 0.05) is 18.9 Å². The molecule has 4 aromatic carbocycles. The molecule has 54 heavy (non-hydrogen) atoms. The van der Waals surface area contributed by atoms with Crippen LogP contribution in [0.2, 0.25) is 0 Å². The summed E-state index contributed by atoms with van der Waals surface area (Å²) in [4.78, 5) is 56.1. The number of carbonyl (C=O) groups excluding carboxylic acids is 4. The SMILES string of the molecule is O=C(N[C@H]1CCC=CC[C@H](CC(=O)N2Cc3ccccc3C[C@H]2CO)C(=O)NC[C@@H](c2ccccc2)OC1=O)OCC1c2ccccc2-c2ccccc21. The summed E-state index contributed by atoms with van der Waals surface area (Å²) in [5.74, 6) is -2.01. The highest BCUT2D eigenvalue weighted by molar-refractivity contribution is 5.86. The molecule has 3 amide bonds. The number of benzene rings is 4. The van der Waals surface area contributed by atoms with Gasteiger partial charge >= 0.3 is 12.1 Å². The molecule has 0 spiro atoms. The second-order valence-electron chi connectivity index (χ2n) is 14.1. The summed E-state index contributed by atoms with van der Waals surface area (Å²) in [5, 5.41) is 15.8. The Balaban J connectivity index is 1.04. The molecule has 0 saturated carbocycles. The van der Waals surface area contributed by atoms with Gasteiger partial charge in [0.2, 0.25) is 11.8 Å². The largest absolute Gasteiger partial charge is 0.454 e. The Bertz CT molecular complexity index is 1970. The van der Waals surface area contributed by atoms with Crippen LogP contribution in [0.5, 0.6) is 0 Å². The topological polar surface area (TPSA) is 134 Å². The van der Waals surface area contributed by atoms with E-state index in [4.69, 9.17) is 9.47 Å². The van der Waals surface area contributed by atoms with Crippen molar-refractivity contribution in [3.8, 4) is 11.1 Å². The van der Waals surface area contributed by atoms with Crippen molar-refractivity contribution in [1.82, 2.24) is 15.5 Å². The number of aliphatic hydroxyl groups excluding tert-OH is 1. The number of nitrogens with zero attached hydrogens (tertiary/aromatic N) is 1. The van der Waals surface area contributed by atoms with Crippen LogP contribution in [0, 0.1) is 5.92 Å². The Morgan fingerprint density at radius 3 is 2.24 bits per heavy atom. The van der Waals surface area contributed by atoms with Crippen LogP contribution >= 0.6 is 0 Å². The Hall–Kier alpha value is -5.74. The standard InChI is InChI=1S/C44H45N3O7/c48-27-33-23-30-15-7-8-17-32(30)26-47(33)41(49)24-31-16-5-2-6-22-39(43(51)54-40(25-45-42(31)50)29-13-3-1-4-14-29)46-44(52)53-28-38-36-20-11-9-18-34(36)35-19-10-12-21-37(35)38/h1-5,7-15,17-21,31,33,38-40,48H,6,16,22-28H2,(H,45,50)(H,46,52)/t31-,33+,39+,40+/m1/s1. The second kappa shape index (κ2) is 16.9. The quantitative estimate of drug-likeness (QED) is 0.157. The minimum Gasteiger partial charge on any atom is -0.454 e. The van der Waals surface area contributed by atoms with E-state index in [1.807, 2.05) is 103 Å². The maximum absolute atomic E-state index is 13.7. The third-order valence-electron chi connectivity index (χ3n) is 10.7. The maximum atomic E-state index is 13.7. The van der Waals surface area contributed by atoms with Crippen LogP contribution in [0.15, 0.2) is 115 Å². The van der Waals surface area contributed by atoms with Gasteiger partial charge in [0.1, 0.15) is 18.8 Å². The molecular formula is C44H45N3O7. The first-order valence-corrected chi connectivity index (χ1v) is 18.7. The van der Waals surface area contributed by atoms with Crippen LogP contribution in [0.1, 0.15) is 65.5 Å². The van der Waals surface area contributed by atoms with Crippen molar-refractivity contribution in [2.75, 3.05) is 19.8 Å². The Morgan fingerprint density at radius 2 is 1.52 bits per heavy atom. The number of allylic oxidation sites excluding steroid dienone is 2. The van der Waals surface area contributed by atoms with E-state index >= 15 is 0 Å². The summed E-state index contributed by atoms with van der Waals surface area (Å²) in [7, 11) is 0. The number of cyclic esters (lactones) is 1.